The summed E-state index contributed by atoms with van der Waals surface area (Å²) in [5.74, 6) is -0.153. The molecule has 1 atom stereocenters. The van der Waals surface area contributed by atoms with E-state index in [1.54, 1.807) is 19.3 Å². The summed E-state index contributed by atoms with van der Waals surface area (Å²) >= 11 is 0. The number of amides is 1. The number of rotatable bonds is 4. The Hall–Kier alpha value is -1.94. The van der Waals surface area contributed by atoms with Crippen LogP contribution in [0.5, 0.6) is 0 Å². The minimum Gasteiger partial charge on any atom is -0.393 e. The van der Waals surface area contributed by atoms with E-state index in [1.165, 1.54) is 0 Å². The highest BCUT2D eigenvalue weighted by Gasteiger charge is 2.09. The lowest BCUT2D eigenvalue weighted by molar-refractivity contribution is 0.0947. The van der Waals surface area contributed by atoms with Gasteiger partial charge in [0.15, 0.2) is 0 Å². The number of nitrogens with one attached hydrogen (secondary N) is 1. The maximum Gasteiger partial charge on any atom is 0.253 e. The Morgan fingerprint density at radius 1 is 1.39 bits per heavy atom. The third kappa shape index (κ3) is 2.84. The molecular weight excluding hydrogens is 228 g/mol. The van der Waals surface area contributed by atoms with Crippen molar-refractivity contribution in [1.82, 2.24) is 10.3 Å². The number of pyridine rings is 1. The van der Waals surface area contributed by atoms with Gasteiger partial charge in [-0.1, -0.05) is 24.3 Å². The van der Waals surface area contributed by atoms with Gasteiger partial charge in [-0.2, -0.15) is 0 Å². The van der Waals surface area contributed by atoms with E-state index in [-0.39, 0.29) is 5.91 Å². The Bertz CT molecular complexity index is 547. The standard InChI is InChI=1S/C14H16N2O2/c1-10(17)6-7-16-14(18)13-9-15-8-11-4-2-3-5-12(11)13/h2-5,8-10,17H,6-7H2,1H3,(H,16,18). The van der Waals surface area contributed by atoms with Crippen molar-refractivity contribution in [2.75, 3.05) is 6.54 Å². The van der Waals surface area contributed by atoms with Crippen LogP contribution in [0, 0.1) is 0 Å². The zero-order chi connectivity index (χ0) is 13.0. The van der Waals surface area contributed by atoms with Gasteiger partial charge in [0.2, 0.25) is 0 Å². The molecule has 0 radical (unpaired) electrons. The SMILES string of the molecule is CC(O)CCNC(=O)c1cncc2ccccc12. The summed E-state index contributed by atoms with van der Waals surface area (Å²) in [6.45, 7) is 2.16. The topological polar surface area (TPSA) is 62.2 Å². The minimum atomic E-state index is -0.407. The highest BCUT2D eigenvalue weighted by molar-refractivity contribution is 6.06. The van der Waals surface area contributed by atoms with Gasteiger partial charge in [0.25, 0.3) is 5.91 Å². The third-order valence-corrected chi connectivity index (χ3v) is 2.76. The number of aliphatic hydroxyl groups excluding tert-OH is 1. The van der Waals surface area contributed by atoms with Gasteiger partial charge in [-0.05, 0) is 18.7 Å². The van der Waals surface area contributed by atoms with Gasteiger partial charge in [-0.25, -0.2) is 0 Å². The molecule has 0 aliphatic carbocycles. The molecule has 1 unspecified atom stereocenters. The predicted octanol–water partition coefficient (Wildman–Crippen LogP) is 1.74. The van der Waals surface area contributed by atoms with Crippen molar-refractivity contribution in [2.24, 2.45) is 0 Å². The number of fused-ring (bicyclic) bond motifs is 1. The van der Waals surface area contributed by atoms with Crippen molar-refractivity contribution >= 4 is 16.7 Å². The minimum absolute atomic E-state index is 0.153. The van der Waals surface area contributed by atoms with Crippen molar-refractivity contribution in [3.63, 3.8) is 0 Å². The number of nitrogens with zero attached hydrogens (tertiary/aromatic N) is 1. The number of hydrogen-bond donors (Lipinski definition) is 2. The number of benzene rings is 1. The van der Waals surface area contributed by atoms with Gasteiger partial charge < -0.3 is 10.4 Å². The average molecular weight is 244 g/mol. The van der Waals surface area contributed by atoms with E-state index < -0.39 is 6.10 Å². The Morgan fingerprint density at radius 3 is 2.94 bits per heavy atom. The summed E-state index contributed by atoms with van der Waals surface area (Å²) in [6.07, 6.45) is 3.45. The smallest absolute Gasteiger partial charge is 0.253 e. The van der Waals surface area contributed by atoms with Crippen LogP contribution in [-0.2, 0) is 0 Å². The van der Waals surface area contributed by atoms with Crippen LogP contribution in [0.15, 0.2) is 36.7 Å². The van der Waals surface area contributed by atoms with Crippen LogP contribution in [0.3, 0.4) is 0 Å². The Morgan fingerprint density at radius 2 is 2.17 bits per heavy atom. The molecule has 1 aromatic carbocycles. The van der Waals surface area contributed by atoms with Gasteiger partial charge in [0.1, 0.15) is 0 Å². The van der Waals surface area contributed by atoms with Gasteiger partial charge in [-0.15, -0.1) is 0 Å². The molecule has 2 N–H and O–H groups in total. The monoisotopic (exact) mass is 244 g/mol. The summed E-state index contributed by atoms with van der Waals surface area (Å²) in [7, 11) is 0. The summed E-state index contributed by atoms with van der Waals surface area (Å²) in [6, 6.07) is 7.64. The van der Waals surface area contributed by atoms with Crippen LogP contribution < -0.4 is 5.32 Å². The molecular formula is C14H16N2O2. The van der Waals surface area contributed by atoms with Crippen LogP contribution in [0.1, 0.15) is 23.7 Å². The summed E-state index contributed by atoms with van der Waals surface area (Å²) < 4.78 is 0. The Kier molecular flexibility index (Phi) is 3.89. The van der Waals surface area contributed by atoms with Gasteiger partial charge in [0.05, 0.1) is 11.7 Å². The highest BCUT2D eigenvalue weighted by Crippen LogP contribution is 2.16. The first-order valence-electron chi connectivity index (χ1n) is 5.97. The lowest BCUT2D eigenvalue weighted by atomic mass is 10.1. The zero-order valence-electron chi connectivity index (χ0n) is 10.3. The summed E-state index contributed by atoms with van der Waals surface area (Å²) in [5.41, 5.74) is 0.568. The Labute approximate surface area is 106 Å². The largest absolute Gasteiger partial charge is 0.393 e. The second-order valence-electron chi connectivity index (χ2n) is 4.30. The fraction of sp³-hybridized carbons (Fsp3) is 0.286. The van der Waals surface area contributed by atoms with E-state index in [1.807, 2.05) is 24.3 Å². The molecule has 18 heavy (non-hydrogen) atoms. The lowest BCUT2D eigenvalue weighted by Crippen LogP contribution is -2.26. The molecule has 1 aromatic heterocycles. The Balaban J connectivity index is 2.17. The molecule has 0 saturated heterocycles. The van der Waals surface area contributed by atoms with Crippen molar-refractivity contribution in [3.05, 3.63) is 42.2 Å². The van der Waals surface area contributed by atoms with E-state index in [9.17, 15) is 4.79 Å². The van der Waals surface area contributed by atoms with Crippen LogP contribution in [0.2, 0.25) is 0 Å². The molecule has 0 saturated carbocycles. The molecule has 0 spiro atoms. The highest BCUT2D eigenvalue weighted by atomic mass is 16.3. The molecule has 0 fully saturated rings. The molecule has 0 aliphatic rings. The number of carbonyl (C=O) groups excluding carboxylic acids is 1. The van der Waals surface area contributed by atoms with E-state index in [0.717, 1.165) is 10.8 Å². The molecule has 0 bridgehead atoms. The van der Waals surface area contributed by atoms with Crippen LogP contribution in [-0.4, -0.2) is 28.6 Å². The van der Waals surface area contributed by atoms with Crippen molar-refractivity contribution in [3.8, 4) is 0 Å². The maximum atomic E-state index is 12.0. The molecule has 2 aromatic rings. The molecule has 1 amide bonds. The predicted molar refractivity (Wildman–Crippen MR) is 70.4 cm³/mol. The van der Waals surface area contributed by atoms with E-state index in [4.69, 9.17) is 5.11 Å². The fourth-order valence-electron chi connectivity index (χ4n) is 1.79. The fourth-order valence-corrected chi connectivity index (χ4v) is 1.79. The molecule has 94 valence electrons. The van der Waals surface area contributed by atoms with Crippen molar-refractivity contribution in [2.45, 2.75) is 19.4 Å². The first-order valence-corrected chi connectivity index (χ1v) is 5.97. The zero-order valence-corrected chi connectivity index (χ0v) is 10.3. The molecule has 4 heteroatoms. The van der Waals surface area contributed by atoms with E-state index in [2.05, 4.69) is 10.3 Å². The molecule has 1 heterocycles. The summed E-state index contributed by atoms with van der Waals surface area (Å²) in [4.78, 5) is 16.1. The second kappa shape index (κ2) is 5.60. The first-order chi connectivity index (χ1) is 8.68. The van der Waals surface area contributed by atoms with Gasteiger partial charge in [-0.3, -0.25) is 9.78 Å². The number of aliphatic hydroxyl groups is 1. The third-order valence-electron chi connectivity index (χ3n) is 2.76. The number of carbonyl (C=O) groups is 1. The normalized spacial score (nSPS) is 12.3. The van der Waals surface area contributed by atoms with Crippen LogP contribution >= 0.6 is 0 Å². The van der Waals surface area contributed by atoms with Gasteiger partial charge >= 0.3 is 0 Å². The van der Waals surface area contributed by atoms with Crippen molar-refractivity contribution in [1.29, 1.82) is 0 Å². The van der Waals surface area contributed by atoms with Crippen LogP contribution in [0.4, 0.5) is 0 Å². The molecule has 0 aliphatic heterocycles. The van der Waals surface area contributed by atoms with E-state index >= 15 is 0 Å². The van der Waals surface area contributed by atoms with Crippen molar-refractivity contribution < 1.29 is 9.90 Å². The number of hydrogen-bond acceptors (Lipinski definition) is 3. The average Bonchev–Trinajstić information content (AvgIpc) is 2.37. The van der Waals surface area contributed by atoms with E-state index in [0.29, 0.717) is 18.5 Å². The number of aromatic nitrogens is 1. The second-order valence-corrected chi connectivity index (χ2v) is 4.30. The maximum absolute atomic E-state index is 12.0. The molecule has 4 nitrogen and oxygen atoms in total. The van der Waals surface area contributed by atoms with Crippen LogP contribution in [0.25, 0.3) is 10.8 Å². The van der Waals surface area contributed by atoms with Gasteiger partial charge in [0, 0.05) is 24.3 Å². The molecule has 2 rings (SSSR count). The first kappa shape index (κ1) is 12.5. The quantitative estimate of drug-likeness (QED) is 0.861. The lowest BCUT2D eigenvalue weighted by Gasteiger charge is -2.08. The summed E-state index contributed by atoms with van der Waals surface area (Å²) in [5, 5.41) is 13.8.